The van der Waals surface area contributed by atoms with Crippen LogP contribution in [-0.4, -0.2) is 25.9 Å². The Balaban J connectivity index is 1.52. The minimum absolute atomic E-state index is 0.0533. The number of benzene rings is 2. The highest BCUT2D eigenvalue weighted by molar-refractivity contribution is 6.02. The van der Waals surface area contributed by atoms with Gasteiger partial charge in [-0.15, -0.1) is 0 Å². The predicted molar refractivity (Wildman–Crippen MR) is 105 cm³/mol. The second-order valence-corrected chi connectivity index (χ2v) is 6.46. The molecule has 29 heavy (non-hydrogen) atoms. The Kier molecular flexibility index (Phi) is 4.90. The minimum atomic E-state index is -0.677. The quantitative estimate of drug-likeness (QED) is 0.483. The molecule has 2 heterocycles. The van der Waals surface area contributed by atoms with Gasteiger partial charge in [-0.3, -0.25) is 4.79 Å². The Morgan fingerprint density at radius 1 is 1.10 bits per heavy atom. The standard InChI is InChI=1S/C21H18N4O4/c1-3-13-8-10-14(11-9-13)19-22-17(29-24-19)12-28-21(27)18-15-6-4-5-7-16(15)20(26)25(2)23-18/h4-11H,3,12H2,1-2H3. The Bertz CT molecular complexity index is 1240. The highest BCUT2D eigenvalue weighted by atomic mass is 16.6. The molecule has 0 spiro atoms. The number of esters is 1. The zero-order valence-electron chi connectivity index (χ0n) is 16.0. The summed E-state index contributed by atoms with van der Waals surface area (Å²) in [4.78, 5) is 29.0. The molecule has 0 aliphatic rings. The molecule has 4 rings (SSSR count). The lowest BCUT2D eigenvalue weighted by Gasteiger charge is -2.07. The largest absolute Gasteiger partial charge is 0.451 e. The smallest absolute Gasteiger partial charge is 0.359 e. The fraction of sp³-hybridized carbons (Fsp3) is 0.190. The SMILES string of the molecule is CCc1ccc(-c2noc(COC(=O)c3nn(C)c(=O)c4ccccc34)n2)cc1. The van der Waals surface area contributed by atoms with Crippen molar-refractivity contribution >= 4 is 16.7 Å². The number of carbonyl (C=O) groups excluding carboxylic acids is 1. The third-order valence-electron chi connectivity index (χ3n) is 4.57. The fourth-order valence-corrected chi connectivity index (χ4v) is 2.97. The van der Waals surface area contributed by atoms with Crippen molar-refractivity contribution in [3.8, 4) is 11.4 Å². The van der Waals surface area contributed by atoms with Crippen molar-refractivity contribution in [2.24, 2.45) is 7.05 Å². The molecule has 8 nitrogen and oxygen atoms in total. The Labute approximate surface area is 165 Å². The van der Waals surface area contributed by atoms with Gasteiger partial charge in [-0.2, -0.15) is 10.1 Å². The number of rotatable bonds is 5. The third kappa shape index (κ3) is 3.64. The summed E-state index contributed by atoms with van der Waals surface area (Å²) in [5.74, 6) is -0.0877. The van der Waals surface area contributed by atoms with Crippen LogP contribution in [0.15, 0.2) is 57.8 Å². The van der Waals surface area contributed by atoms with Crippen molar-refractivity contribution in [1.82, 2.24) is 19.9 Å². The third-order valence-corrected chi connectivity index (χ3v) is 4.57. The van der Waals surface area contributed by atoms with Gasteiger partial charge < -0.3 is 9.26 Å². The number of aromatic nitrogens is 4. The van der Waals surface area contributed by atoms with E-state index in [0.717, 1.165) is 16.7 Å². The van der Waals surface area contributed by atoms with E-state index >= 15 is 0 Å². The first-order valence-electron chi connectivity index (χ1n) is 9.12. The molecule has 0 saturated heterocycles. The Morgan fingerprint density at radius 3 is 2.55 bits per heavy atom. The second kappa shape index (κ2) is 7.67. The molecule has 0 atom stereocenters. The highest BCUT2D eigenvalue weighted by Crippen LogP contribution is 2.18. The molecule has 4 aromatic rings. The molecule has 8 heteroatoms. The van der Waals surface area contributed by atoms with E-state index in [4.69, 9.17) is 9.26 Å². The molecule has 0 amide bonds. The average Bonchev–Trinajstić information content (AvgIpc) is 3.24. The van der Waals surface area contributed by atoms with Crippen LogP contribution in [0, 0.1) is 0 Å². The molecule has 0 aliphatic carbocycles. The average molecular weight is 390 g/mol. The van der Waals surface area contributed by atoms with Gasteiger partial charge in [0.05, 0.1) is 5.39 Å². The number of hydrogen-bond donors (Lipinski definition) is 0. The summed E-state index contributed by atoms with van der Waals surface area (Å²) in [7, 11) is 1.49. The van der Waals surface area contributed by atoms with Gasteiger partial charge in [-0.05, 0) is 18.1 Å². The van der Waals surface area contributed by atoms with Crippen LogP contribution in [0.3, 0.4) is 0 Å². The normalized spacial score (nSPS) is 11.0. The van der Waals surface area contributed by atoms with E-state index in [1.165, 1.54) is 12.6 Å². The van der Waals surface area contributed by atoms with Crippen LogP contribution in [0.1, 0.15) is 28.9 Å². The maximum Gasteiger partial charge on any atom is 0.359 e. The van der Waals surface area contributed by atoms with Gasteiger partial charge in [0.2, 0.25) is 5.82 Å². The number of hydrogen-bond acceptors (Lipinski definition) is 7. The molecular weight excluding hydrogens is 372 g/mol. The number of aryl methyl sites for hydroxylation is 2. The molecule has 0 aliphatic heterocycles. The van der Waals surface area contributed by atoms with Crippen LogP contribution in [0.5, 0.6) is 0 Å². The Morgan fingerprint density at radius 2 is 1.83 bits per heavy atom. The molecule has 2 aromatic heterocycles. The van der Waals surface area contributed by atoms with E-state index in [9.17, 15) is 9.59 Å². The second-order valence-electron chi connectivity index (χ2n) is 6.46. The van der Waals surface area contributed by atoms with Crippen molar-refractivity contribution in [1.29, 1.82) is 0 Å². The van der Waals surface area contributed by atoms with Gasteiger partial charge >= 0.3 is 5.97 Å². The van der Waals surface area contributed by atoms with E-state index in [0.29, 0.717) is 16.6 Å². The summed E-state index contributed by atoms with van der Waals surface area (Å²) in [6.45, 7) is 1.89. The fourth-order valence-electron chi connectivity index (χ4n) is 2.97. The van der Waals surface area contributed by atoms with Gasteiger partial charge in [0.1, 0.15) is 0 Å². The Hall–Kier alpha value is -3.81. The highest BCUT2D eigenvalue weighted by Gasteiger charge is 2.18. The maximum atomic E-state index is 12.6. The summed E-state index contributed by atoms with van der Waals surface area (Å²) in [5.41, 5.74) is 1.79. The van der Waals surface area contributed by atoms with E-state index in [1.54, 1.807) is 24.3 Å². The lowest BCUT2D eigenvalue weighted by Crippen LogP contribution is -2.23. The van der Waals surface area contributed by atoms with Gasteiger partial charge in [-0.25, -0.2) is 9.48 Å². The maximum absolute atomic E-state index is 12.6. The zero-order valence-corrected chi connectivity index (χ0v) is 16.0. The summed E-state index contributed by atoms with van der Waals surface area (Å²) in [6, 6.07) is 14.6. The predicted octanol–water partition coefficient (Wildman–Crippen LogP) is 2.90. The van der Waals surface area contributed by atoms with E-state index in [1.807, 2.05) is 24.3 Å². The number of nitrogens with zero attached hydrogens (tertiary/aromatic N) is 4. The van der Waals surface area contributed by atoms with Gasteiger partial charge in [0, 0.05) is 18.0 Å². The van der Waals surface area contributed by atoms with Gasteiger partial charge in [0.25, 0.3) is 11.4 Å². The molecule has 0 radical (unpaired) electrons. The molecule has 0 fully saturated rings. The molecule has 146 valence electrons. The topological polar surface area (TPSA) is 100 Å². The number of ether oxygens (including phenoxy) is 1. The minimum Gasteiger partial charge on any atom is -0.451 e. The summed E-state index contributed by atoms with van der Waals surface area (Å²) >= 11 is 0. The monoisotopic (exact) mass is 390 g/mol. The van der Waals surface area contributed by atoms with E-state index < -0.39 is 5.97 Å². The summed E-state index contributed by atoms with van der Waals surface area (Å²) in [6.07, 6.45) is 0.946. The first-order valence-corrected chi connectivity index (χ1v) is 9.12. The first kappa shape index (κ1) is 18.5. The van der Waals surface area contributed by atoms with E-state index in [2.05, 4.69) is 22.2 Å². The van der Waals surface area contributed by atoms with Gasteiger partial charge in [0.15, 0.2) is 12.3 Å². The van der Waals surface area contributed by atoms with Gasteiger partial charge in [-0.1, -0.05) is 54.5 Å². The summed E-state index contributed by atoms with van der Waals surface area (Å²) < 4.78 is 11.6. The van der Waals surface area contributed by atoms with E-state index in [-0.39, 0.29) is 23.8 Å². The molecular formula is C21H18N4O4. The molecule has 0 unspecified atom stereocenters. The molecule has 0 N–H and O–H groups in total. The molecule has 2 aromatic carbocycles. The number of fused-ring (bicyclic) bond motifs is 1. The van der Waals surface area contributed by atoms with Crippen LogP contribution in [0.4, 0.5) is 0 Å². The first-order chi connectivity index (χ1) is 14.1. The van der Waals surface area contributed by atoms with Crippen molar-refractivity contribution in [2.45, 2.75) is 20.0 Å². The number of carbonyl (C=O) groups is 1. The summed E-state index contributed by atoms with van der Waals surface area (Å²) in [5, 5.41) is 8.80. The molecule has 0 bridgehead atoms. The van der Waals surface area contributed by atoms with Crippen molar-refractivity contribution in [2.75, 3.05) is 0 Å². The lowest BCUT2D eigenvalue weighted by atomic mass is 10.1. The van der Waals surface area contributed by atoms with Crippen LogP contribution in [-0.2, 0) is 24.8 Å². The lowest BCUT2D eigenvalue weighted by molar-refractivity contribution is 0.0423. The van der Waals surface area contributed by atoms with Crippen molar-refractivity contribution in [3.63, 3.8) is 0 Å². The van der Waals surface area contributed by atoms with Crippen LogP contribution in [0.2, 0.25) is 0 Å². The zero-order chi connectivity index (χ0) is 20.4. The van der Waals surface area contributed by atoms with Crippen LogP contribution in [0.25, 0.3) is 22.2 Å². The van der Waals surface area contributed by atoms with Crippen LogP contribution < -0.4 is 5.56 Å². The molecule has 0 saturated carbocycles. The van der Waals surface area contributed by atoms with Crippen molar-refractivity contribution in [3.05, 3.63) is 76.0 Å². The van der Waals surface area contributed by atoms with Crippen molar-refractivity contribution < 1.29 is 14.1 Å². The van der Waals surface area contributed by atoms with Crippen LogP contribution >= 0.6 is 0 Å².